The van der Waals surface area contributed by atoms with E-state index in [0.29, 0.717) is 0 Å². The molecule has 6 heteroatoms. The molecule has 0 bridgehead atoms. The summed E-state index contributed by atoms with van der Waals surface area (Å²) < 4.78 is 0. The van der Waals surface area contributed by atoms with Crippen molar-refractivity contribution < 1.29 is 29.4 Å². The first kappa shape index (κ1) is 15.6. The predicted molar refractivity (Wildman–Crippen MR) is 79.8 cm³/mol. The van der Waals surface area contributed by atoms with Crippen molar-refractivity contribution in [1.82, 2.24) is 0 Å². The number of fused-ring (bicyclic) bond motifs is 2. The van der Waals surface area contributed by atoms with Crippen molar-refractivity contribution in [2.24, 2.45) is 0 Å². The van der Waals surface area contributed by atoms with Gasteiger partial charge in [0.2, 0.25) is 0 Å². The van der Waals surface area contributed by atoms with Crippen molar-refractivity contribution in [2.45, 2.75) is 12.8 Å². The fourth-order valence-electron chi connectivity index (χ4n) is 2.95. The number of ketones is 2. The van der Waals surface area contributed by atoms with Gasteiger partial charge in [-0.15, -0.1) is 0 Å². The van der Waals surface area contributed by atoms with E-state index in [9.17, 15) is 24.3 Å². The maximum atomic E-state index is 12.7. The number of benzene rings is 2. The molecule has 2 aromatic carbocycles. The van der Waals surface area contributed by atoms with Crippen molar-refractivity contribution in [3.05, 3.63) is 69.8 Å². The number of carbonyl (C=O) groups is 4. The molecule has 0 aliphatic heterocycles. The summed E-state index contributed by atoms with van der Waals surface area (Å²) in [5, 5.41) is 19.9. The maximum absolute atomic E-state index is 12.7. The van der Waals surface area contributed by atoms with Crippen LogP contribution in [0.25, 0.3) is 0 Å². The van der Waals surface area contributed by atoms with Crippen LogP contribution in [0.5, 0.6) is 0 Å². The summed E-state index contributed by atoms with van der Waals surface area (Å²) in [7, 11) is 0. The summed E-state index contributed by atoms with van der Waals surface area (Å²) in [6, 6.07) is 8.93. The van der Waals surface area contributed by atoms with Gasteiger partial charge in [0, 0.05) is 34.6 Å². The average molecular weight is 323 g/mol. The first-order valence-corrected chi connectivity index (χ1v) is 7.14. The number of carboxylic acids is 2. The standard InChI is InChI=1S/C18H12O6/c19-14(20)7-9-5-10(8-15(21)22)16-13(6-9)17(23)11-3-1-2-4-12(11)18(16)24/h1-6H,7-8H2,(H,19,20)(H,21,22)/p-1. The maximum Gasteiger partial charge on any atom is 0.307 e. The molecule has 120 valence electrons. The molecule has 0 fully saturated rings. The number of aliphatic carboxylic acids is 2. The van der Waals surface area contributed by atoms with Crippen LogP contribution >= 0.6 is 0 Å². The average Bonchev–Trinajstić information content (AvgIpc) is 2.51. The van der Waals surface area contributed by atoms with Crippen LogP contribution in [-0.4, -0.2) is 28.6 Å². The summed E-state index contributed by atoms with van der Waals surface area (Å²) >= 11 is 0. The normalized spacial score (nSPS) is 12.5. The highest BCUT2D eigenvalue weighted by molar-refractivity contribution is 6.29. The lowest BCUT2D eigenvalue weighted by Gasteiger charge is -2.21. The molecule has 1 aliphatic carbocycles. The van der Waals surface area contributed by atoms with Gasteiger partial charge in [0.1, 0.15) is 0 Å². The first-order chi connectivity index (χ1) is 11.4. The second kappa shape index (κ2) is 5.73. The molecule has 1 N–H and O–H groups in total. The molecular formula is C18H11O6-. The first-order valence-electron chi connectivity index (χ1n) is 7.14. The Morgan fingerprint density at radius 2 is 1.54 bits per heavy atom. The van der Waals surface area contributed by atoms with Crippen molar-refractivity contribution >= 4 is 23.5 Å². The third-order valence-corrected chi connectivity index (χ3v) is 3.86. The van der Waals surface area contributed by atoms with E-state index in [1.54, 1.807) is 12.1 Å². The van der Waals surface area contributed by atoms with E-state index in [4.69, 9.17) is 5.11 Å². The van der Waals surface area contributed by atoms with Gasteiger partial charge >= 0.3 is 5.97 Å². The van der Waals surface area contributed by atoms with Crippen LogP contribution in [0.15, 0.2) is 36.4 Å². The Morgan fingerprint density at radius 3 is 2.12 bits per heavy atom. The predicted octanol–water partition coefficient (Wildman–Crippen LogP) is 0.381. The number of carboxylic acid groups (broad SMARTS) is 2. The summed E-state index contributed by atoms with van der Waals surface area (Å²) in [4.78, 5) is 47.3. The van der Waals surface area contributed by atoms with Crippen LogP contribution in [0, 0.1) is 0 Å². The Balaban J connectivity index is 2.25. The molecule has 24 heavy (non-hydrogen) atoms. The molecule has 0 unspecified atom stereocenters. The van der Waals surface area contributed by atoms with Gasteiger partial charge in [-0.05, 0) is 17.2 Å². The molecule has 3 rings (SSSR count). The number of hydrogen-bond acceptors (Lipinski definition) is 5. The van der Waals surface area contributed by atoms with E-state index < -0.39 is 36.3 Å². The van der Waals surface area contributed by atoms with E-state index >= 15 is 0 Å². The second-order valence-electron chi connectivity index (χ2n) is 5.50. The van der Waals surface area contributed by atoms with Crippen molar-refractivity contribution in [3.8, 4) is 0 Å². The van der Waals surface area contributed by atoms with Crippen molar-refractivity contribution in [3.63, 3.8) is 0 Å². The Morgan fingerprint density at radius 1 is 0.917 bits per heavy atom. The minimum atomic E-state index is -1.36. The van der Waals surface area contributed by atoms with Crippen LogP contribution < -0.4 is 5.11 Å². The highest BCUT2D eigenvalue weighted by Crippen LogP contribution is 2.31. The van der Waals surface area contributed by atoms with Crippen LogP contribution in [0.1, 0.15) is 43.0 Å². The molecule has 0 saturated carbocycles. The van der Waals surface area contributed by atoms with E-state index in [1.807, 2.05) is 0 Å². The van der Waals surface area contributed by atoms with Crippen LogP contribution in [-0.2, 0) is 22.4 Å². The van der Waals surface area contributed by atoms with Gasteiger partial charge in [-0.25, -0.2) is 0 Å². The second-order valence-corrected chi connectivity index (χ2v) is 5.50. The molecule has 0 saturated heterocycles. The fourth-order valence-corrected chi connectivity index (χ4v) is 2.95. The molecule has 0 aromatic heterocycles. The molecule has 0 spiro atoms. The van der Waals surface area contributed by atoms with Gasteiger partial charge in [0.25, 0.3) is 0 Å². The third kappa shape index (κ3) is 2.58. The SMILES string of the molecule is O=C([O-])Cc1cc(CC(=O)O)c2c(c1)C(=O)c1ccccc1C2=O. The topological polar surface area (TPSA) is 112 Å². The molecule has 0 atom stereocenters. The zero-order valence-electron chi connectivity index (χ0n) is 12.4. The van der Waals surface area contributed by atoms with Gasteiger partial charge in [-0.3, -0.25) is 14.4 Å². The third-order valence-electron chi connectivity index (χ3n) is 3.86. The summed E-state index contributed by atoms with van der Waals surface area (Å²) in [6.07, 6.45) is -0.951. The summed E-state index contributed by atoms with van der Waals surface area (Å²) in [6.45, 7) is 0. The largest absolute Gasteiger partial charge is 0.550 e. The number of hydrogen-bond donors (Lipinski definition) is 1. The Hall–Kier alpha value is -3.28. The van der Waals surface area contributed by atoms with E-state index in [2.05, 4.69) is 0 Å². The molecule has 6 nitrogen and oxygen atoms in total. The minimum Gasteiger partial charge on any atom is -0.550 e. The van der Waals surface area contributed by atoms with E-state index in [1.165, 1.54) is 24.3 Å². The van der Waals surface area contributed by atoms with E-state index in [-0.39, 0.29) is 33.4 Å². The zero-order chi connectivity index (χ0) is 17.4. The highest BCUT2D eigenvalue weighted by atomic mass is 16.4. The van der Waals surface area contributed by atoms with Gasteiger partial charge in [0.05, 0.1) is 6.42 Å². The number of rotatable bonds is 4. The van der Waals surface area contributed by atoms with Crippen molar-refractivity contribution in [2.75, 3.05) is 0 Å². The molecule has 1 aliphatic rings. The van der Waals surface area contributed by atoms with Crippen LogP contribution in [0.2, 0.25) is 0 Å². The molecule has 0 radical (unpaired) electrons. The molecule has 0 amide bonds. The summed E-state index contributed by atoms with van der Waals surface area (Å²) in [5.41, 5.74) is 0.864. The lowest BCUT2D eigenvalue weighted by molar-refractivity contribution is -0.304. The lowest BCUT2D eigenvalue weighted by atomic mass is 9.80. The van der Waals surface area contributed by atoms with E-state index in [0.717, 1.165) is 0 Å². The molecule has 2 aromatic rings. The van der Waals surface area contributed by atoms with Gasteiger partial charge < -0.3 is 15.0 Å². The minimum absolute atomic E-state index is 0.0307. The highest BCUT2D eigenvalue weighted by Gasteiger charge is 2.32. The Labute approximate surface area is 136 Å². The number of carbonyl (C=O) groups excluding carboxylic acids is 3. The molecular weight excluding hydrogens is 312 g/mol. The van der Waals surface area contributed by atoms with Gasteiger partial charge in [-0.1, -0.05) is 30.3 Å². The smallest absolute Gasteiger partial charge is 0.307 e. The van der Waals surface area contributed by atoms with Crippen LogP contribution in [0.3, 0.4) is 0 Å². The fraction of sp³-hybridized carbons (Fsp3) is 0.111. The quantitative estimate of drug-likeness (QED) is 0.743. The Bertz CT molecular complexity index is 910. The van der Waals surface area contributed by atoms with Gasteiger partial charge in [0.15, 0.2) is 11.6 Å². The summed E-state index contributed by atoms with van der Waals surface area (Å²) in [5.74, 6) is -3.39. The monoisotopic (exact) mass is 323 g/mol. The van der Waals surface area contributed by atoms with Gasteiger partial charge in [-0.2, -0.15) is 0 Å². The van der Waals surface area contributed by atoms with Crippen molar-refractivity contribution in [1.29, 1.82) is 0 Å². The lowest BCUT2D eigenvalue weighted by Crippen LogP contribution is -2.27. The zero-order valence-corrected chi connectivity index (χ0v) is 12.4. The van der Waals surface area contributed by atoms with Crippen LogP contribution in [0.4, 0.5) is 0 Å². The molecule has 0 heterocycles. The Kier molecular flexibility index (Phi) is 3.73.